The van der Waals surface area contributed by atoms with Crippen LogP contribution in [-0.4, -0.2) is 40.3 Å². The Labute approximate surface area is 168 Å². The van der Waals surface area contributed by atoms with E-state index in [1.165, 1.54) is 64.5 Å². The molecule has 0 amide bonds. The van der Waals surface area contributed by atoms with Gasteiger partial charge in [0.05, 0.1) is 0 Å². The molecule has 2 nitrogen and oxygen atoms in total. The topological polar surface area (TPSA) is 15.3 Å². The maximum absolute atomic E-state index is 3.68. The Kier molecular flexibility index (Phi) is 12.7. The van der Waals surface area contributed by atoms with Gasteiger partial charge in [0, 0.05) is 6.54 Å². The summed E-state index contributed by atoms with van der Waals surface area (Å²) in [5.74, 6) is 0. The molecule has 0 aliphatic carbocycles. The van der Waals surface area contributed by atoms with E-state index in [9.17, 15) is 0 Å². The molecular weight excluding hydrogens is 348 g/mol. The van der Waals surface area contributed by atoms with Crippen LogP contribution in [0.4, 0.5) is 0 Å². The molecule has 0 aromatic heterocycles. The predicted octanol–water partition coefficient (Wildman–Crippen LogP) is 7.00. The zero-order valence-corrected chi connectivity index (χ0v) is 21.0. The van der Waals surface area contributed by atoms with Gasteiger partial charge in [-0.25, -0.2) is 0 Å². The first-order chi connectivity index (χ1) is 12.6. The Balaban J connectivity index is 3.10. The van der Waals surface area contributed by atoms with E-state index >= 15 is 0 Å². The predicted molar refractivity (Wildman–Crippen MR) is 125 cm³/mol. The highest BCUT2D eigenvalue weighted by Gasteiger charge is 2.55. The van der Waals surface area contributed by atoms with Gasteiger partial charge in [0.2, 0.25) is 0 Å². The van der Waals surface area contributed by atoms with Crippen LogP contribution in [0.25, 0.3) is 0 Å². The number of hydrogen-bond acceptors (Lipinski definition) is 2. The second-order valence-electron chi connectivity index (χ2n) is 8.87. The Bertz CT molecular complexity index is 305. The van der Waals surface area contributed by atoms with Crippen LogP contribution in [0.3, 0.4) is 0 Å². The molecule has 0 unspecified atom stereocenters. The first-order valence-corrected chi connectivity index (χ1v) is 17.3. The normalized spacial score (nSPS) is 19.3. The number of hydrogen-bond donors (Lipinski definition) is 1. The molecular formula is C22H50N2Si2. The first-order valence-electron chi connectivity index (χ1n) is 12.1. The zero-order chi connectivity index (χ0) is 19.3. The van der Waals surface area contributed by atoms with Gasteiger partial charge in [-0.3, -0.25) is 0 Å². The van der Waals surface area contributed by atoms with Crippen molar-refractivity contribution in [3.8, 4) is 0 Å². The lowest BCUT2D eigenvalue weighted by molar-refractivity contribution is 0.545. The monoisotopic (exact) mass is 398 g/mol. The van der Waals surface area contributed by atoms with Gasteiger partial charge in [-0.05, 0) is 49.4 Å². The molecule has 156 valence electrons. The largest absolute Gasteiger partial charge is 0.344 e. The summed E-state index contributed by atoms with van der Waals surface area (Å²) >= 11 is 0. The molecule has 0 radical (unpaired) electrons. The minimum absolute atomic E-state index is 1.13. The van der Waals surface area contributed by atoms with E-state index in [-0.39, 0.29) is 0 Å². The van der Waals surface area contributed by atoms with Crippen molar-refractivity contribution < 1.29 is 0 Å². The Morgan fingerprint density at radius 3 is 1.35 bits per heavy atom. The minimum Gasteiger partial charge on any atom is -0.344 e. The van der Waals surface area contributed by atoms with Gasteiger partial charge in [0.1, 0.15) is 16.5 Å². The molecule has 0 saturated carbocycles. The Hall–Kier alpha value is 0.354. The summed E-state index contributed by atoms with van der Waals surface area (Å²) < 4.78 is 3.36. The minimum atomic E-state index is -1.23. The average Bonchev–Trinajstić information content (AvgIpc) is 2.96. The van der Waals surface area contributed by atoms with Crippen LogP contribution in [-0.2, 0) is 0 Å². The molecule has 0 aromatic rings. The van der Waals surface area contributed by atoms with Crippen molar-refractivity contribution in [2.45, 2.75) is 122 Å². The third kappa shape index (κ3) is 6.75. The summed E-state index contributed by atoms with van der Waals surface area (Å²) in [6, 6.07) is 9.70. The van der Waals surface area contributed by atoms with Crippen molar-refractivity contribution in [2.24, 2.45) is 0 Å². The van der Waals surface area contributed by atoms with Crippen LogP contribution in [0.5, 0.6) is 0 Å². The Morgan fingerprint density at radius 2 is 1.04 bits per heavy atom. The van der Waals surface area contributed by atoms with Crippen molar-refractivity contribution >= 4 is 16.5 Å². The van der Waals surface area contributed by atoms with E-state index in [0.717, 1.165) is 6.54 Å². The SMILES string of the molecule is CCCC[Si]1(CCCC)CC[Si](CCCC)(CCCC)N1CCNCC. The van der Waals surface area contributed by atoms with Crippen LogP contribution >= 0.6 is 0 Å². The number of rotatable bonds is 16. The third-order valence-corrected chi connectivity index (χ3v) is 20.5. The van der Waals surface area contributed by atoms with Crippen LogP contribution in [0.2, 0.25) is 36.3 Å². The molecule has 1 N–H and O–H groups in total. The third-order valence-electron chi connectivity index (χ3n) is 6.95. The van der Waals surface area contributed by atoms with Gasteiger partial charge in [-0.15, -0.1) is 0 Å². The molecule has 0 atom stereocenters. The van der Waals surface area contributed by atoms with Crippen LogP contribution in [0, 0.1) is 0 Å². The van der Waals surface area contributed by atoms with E-state index in [1.54, 1.807) is 36.3 Å². The number of unbranched alkanes of at least 4 members (excludes halogenated alkanes) is 4. The second kappa shape index (κ2) is 13.5. The lowest BCUT2D eigenvalue weighted by Crippen LogP contribution is -2.61. The summed E-state index contributed by atoms with van der Waals surface area (Å²) in [7, 11) is -2.47. The van der Waals surface area contributed by atoms with Crippen molar-refractivity contribution in [3.63, 3.8) is 0 Å². The molecule has 4 heteroatoms. The maximum atomic E-state index is 3.68. The molecule has 1 rings (SSSR count). The van der Waals surface area contributed by atoms with Crippen molar-refractivity contribution in [3.05, 3.63) is 0 Å². The Morgan fingerprint density at radius 1 is 0.654 bits per heavy atom. The second-order valence-corrected chi connectivity index (χ2v) is 18.3. The summed E-state index contributed by atoms with van der Waals surface area (Å²) in [5.41, 5.74) is 0. The lowest BCUT2D eigenvalue weighted by atomic mass is 10.4. The first kappa shape index (κ1) is 24.4. The molecule has 1 aliphatic heterocycles. The van der Waals surface area contributed by atoms with Gasteiger partial charge < -0.3 is 9.55 Å². The standard InChI is InChI=1S/C22H50N2Si2/c1-6-11-17-25(18-12-7-2)21-22-26(19-13-8-3,20-14-9-4)24(25)16-15-23-10-5/h23H,6-22H2,1-5H3. The molecule has 26 heavy (non-hydrogen) atoms. The summed E-state index contributed by atoms with van der Waals surface area (Å²) in [4.78, 5) is 0. The molecule has 1 aliphatic rings. The van der Waals surface area contributed by atoms with Crippen LogP contribution in [0.15, 0.2) is 0 Å². The zero-order valence-electron chi connectivity index (χ0n) is 19.0. The van der Waals surface area contributed by atoms with E-state index in [2.05, 4.69) is 44.2 Å². The van der Waals surface area contributed by atoms with E-state index in [4.69, 9.17) is 0 Å². The van der Waals surface area contributed by atoms with Gasteiger partial charge >= 0.3 is 0 Å². The fourth-order valence-electron chi connectivity index (χ4n) is 5.39. The quantitative estimate of drug-likeness (QED) is 0.222. The summed E-state index contributed by atoms with van der Waals surface area (Å²) in [6.45, 7) is 15.6. The fraction of sp³-hybridized carbons (Fsp3) is 1.00. The average molecular weight is 399 g/mol. The molecule has 0 spiro atoms. The highest BCUT2D eigenvalue weighted by Crippen LogP contribution is 2.47. The molecule has 1 fully saturated rings. The number of nitrogens with one attached hydrogen (secondary N) is 1. The number of likely N-dealkylation sites (N-methyl/N-ethyl adjacent to an activating group) is 1. The van der Waals surface area contributed by atoms with Crippen molar-refractivity contribution in [2.75, 3.05) is 19.6 Å². The summed E-state index contributed by atoms with van der Waals surface area (Å²) in [6.07, 6.45) is 11.5. The van der Waals surface area contributed by atoms with Gasteiger partial charge in [0.25, 0.3) is 0 Å². The van der Waals surface area contributed by atoms with Gasteiger partial charge in [-0.2, -0.15) is 0 Å². The van der Waals surface area contributed by atoms with Crippen molar-refractivity contribution in [1.29, 1.82) is 0 Å². The van der Waals surface area contributed by atoms with E-state index in [1.807, 2.05) is 0 Å². The van der Waals surface area contributed by atoms with Crippen molar-refractivity contribution in [1.82, 2.24) is 9.55 Å². The molecule has 0 aromatic carbocycles. The summed E-state index contributed by atoms with van der Waals surface area (Å²) in [5, 5.41) is 3.68. The van der Waals surface area contributed by atoms with Crippen LogP contribution in [0.1, 0.15) is 86.0 Å². The number of nitrogens with zero attached hydrogens (tertiary/aromatic N) is 1. The van der Waals surface area contributed by atoms with Gasteiger partial charge in [0.15, 0.2) is 0 Å². The van der Waals surface area contributed by atoms with E-state index in [0.29, 0.717) is 0 Å². The van der Waals surface area contributed by atoms with Crippen LogP contribution < -0.4 is 5.32 Å². The fourth-order valence-corrected chi connectivity index (χ4v) is 23.5. The maximum Gasteiger partial charge on any atom is 0.121 e. The molecule has 1 saturated heterocycles. The highest BCUT2D eigenvalue weighted by atomic mass is 28.4. The smallest absolute Gasteiger partial charge is 0.121 e. The molecule has 0 bridgehead atoms. The molecule has 1 heterocycles. The highest BCUT2D eigenvalue weighted by molar-refractivity contribution is 6.97. The van der Waals surface area contributed by atoms with Gasteiger partial charge in [-0.1, -0.05) is 86.0 Å². The lowest BCUT2D eigenvalue weighted by Gasteiger charge is -2.47. The van der Waals surface area contributed by atoms with E-state index < -0.39 is 16.5 Å².